The molecule has 0 aromatic heterocycles. The Balaban J connectivity index is 1.85. The van der Waals surface area contributed by atoms with E-state index in [0.717, 1.165) is 16.9 Å². The van der Waals surface area contributed by atoms with Gasteiger partial charge in [-0.3, -0.25) is 4.79 Å². The Morgan fingerprint density at radius 3 is 2.62 bits per heavy atom. The third-order valence-corrected chi connectivity index (χ3v) is 3.75. The predicted octanol–water partition coefficient (Wildman–Crippen LogP) is 2.60. The lowest BCUT2D eigenvalue weighted by atomic mass is 10.1. The summed E-state index contributed by atoms with van der Waals surface area (Å²) < 4.78 is 5.29. The van der Waals surface area contributed by atoms with Crippen LogP contribution in [0.15, 0.2) is 42.5 Å². The molecule has 0 unspecified atom stereocenters. The Bertz CT molecular complexity index is 740. The molecule has 0 radical (unpaired) electrons. The van der Waals surface area contributed by atoms with Crippen LogP contribution in [0.25, 0.3) is 0 Å². The van der Waals surface area contributed by atoms with Crippen LogP contribution in [-0.4, -0.2) is 30.6 Å². The summed E-state index contributed by atoms with van der Waals surface area (Å²) in [6.45, 7) is 2.50. The minimum Gasteiger partial charge on any atom is -0.496 e. The zero-order valence-electron chi connectivity index (χ0n) is 13.8. The standard InChI is InChI=1S/C19H21NO4/c1-13-6-7-14(11-17(13)24-2)8-9-20-18(21)12-15-4-3-5-16(10-15)19(22)23/h3-7,10-11H,8-9,12H2,1-2H3,(H,20,21)(H,22,23). The lowest BCUT2D eigenvalue weighted by molar-refractivity contribution is -0.120. The summed E-state index contributed by atoms with van der Waals surface area (Å²) in [5.74, 6) is -0.286. The number of carbonyl (C=O) groups excluding carboxylic acids is 1. The van der Waals surface area contributed by atoms with Crippen molar-refractivity contribution in [2.75, 3.05) is 13.7 Å². The molecule has 0 aliphatic rings. The van der Waals surface area contributed by atoms with E-state index in [2.05, 4.69) is 5.32 Å². The van der Waals surface area contributed by atoms with Crippen molar-refractivity contribution >= 4 is 11.9 Å². The van der Waals surface area contributed by atoms with Crippen LogP contribution in [0.5, 0.6) is 5.75 Å². The molecule has 5 nitrogen and oxygen atoms in total. The van der Waals surface area contributed by atoms with Gasteiger partial charge in [-0.1, -0.05) is 24.3 Å². The van der Waals surface area contributed by atoms with Gasteiger partial charge in [0, 0.05) is 6.54 Å². The van der Waals surface area contributed by atoms with Crippen LogP contribution in [0.4, 0.5) is 0 Å². The van der Waals surface area contributed by atoms with Gasteiger partial charge < -0.3 is 15.2 Å². The third-order valence-electron chi connectivity index (χ3n) is 3.75. The molecule has 0 fully saturated rings. The number of aromatic carboxylic acids is 1. The zero-order valence-corrected chi connectivity index (χ0v) is 13.8. The number of hydrogen-bond acceptors (Lipinski definition) is 3. The SMILES string of the molecule is COc1cc(CCNC(=O)Cc2cccc(C(=O)O)c2)ccc1C. The number of methoxy groups -OCH3 is 1. The number of carbonyl (C=O) groups is 2. The van der Waals surface area contributed by atoms with Gasteiger partial charge in [0.2, 0.25) is 5.91 Å². The maximum absolute atomic E-state index is 12.0. The van der Waals surface area contributed by atoms with Crippen molar-refractivity contribution < 1.29 is 19.4 Å². The summed E-state index contributed by atoms with van der Waals surface area (Å²) in [6.07, 6.45) is 0.871. The summed E-state index contributed by atoms with van der Waals surface area (Å²) in [7, 11) is 1.64. The van der Waals surface area contributed by atoms with Gasteiger partial charge in [-0.05, 0) is 48.2 Å². The Hall–Kier alpha value is -2.82. The average molecular weight is 327 g/mol. The van der Waals surface area contributed by atoms with Crippen LogP contribution in [-0.2, 0) is 17.6 Å². The highest BCUT2D eigenvalue weighted by atomic mass is 16.5. The zero-order chi connectivity index (χ0) is 17.5. The maximum Gasteiger partial charge on any atom is 0.335 e. The van der Waals surface area contributed by atoms with E-state index in [1.54, 1.807) is 19.2 Å². The van der Waals surface area contributed by atoms with Gasteiger partial charge in [0.05, 0.1) is 19.1 Å². The number of ether oxygens (including phenoxy) is 1. The molecule has 1 amide bonds. The third kappa shape index (κ3) is 4.84. The number of aryl methyl sites for hydroxylation is 1. The number of amides is 1. The monoisotopic (exact) mass is 327 g/mol. The summed E-state index contributed by atoms with van der Waals surface area (Å²) >= 11 is 0. The molecule has 2 aromatic rings. The van der Waals surface area contributed by atoms with Crippen molar-refractivity contribution in [3.8, 4) is 5.75 Å². The van der Waals surface area contributed by atoms with Gasteiger partial charge in [-0.2, -0.15) is 0 Å². The minimum atomic E-state index is -0.995. The first kappa shape index (κ1) is 17.5. The van der Waals surface area contributed by atoms with Crippen molar-refractivity contribution in [1.82, 2.24) is 5.32 Å². The molecule has 24 heavy (non-hydrogen) atoms. The molecule has 0 spiro atoms. The lowest BCUT2D eigenvalue weighted by Gasteiger charge is -2.09. The van der Waals surface area contributed by atoms with Crippen LogP contribution in [0.3, 0.4) is 0 Å². The molecule has 5 heteroatoms. The number of carboxylic acids is 1. The van der Waals surface area contributed by atoms with Crippen molar-refractivity contribution in [3.63, 3.8) is 0 Å². The van der Waals surface area contributed by atoms with Crippen LogP contribution in [0.2, 0.25) is 0 Å². The van der Waals surface area contributed by atoms with Crippen LogP contribution in [0, 0.1) is 6.92 Å². The first-order valence-electron chi connectivity index (χ1n) is 7.72. The average Bonchev–Trinajstić information content (AvgIpc) is 2.56. The minimum absolute atomic E-state index is 0.128. The number of rotatable bonds is 7. The van der Waals surface area contributed by atoms with E-state index in [4.69, 9.17) is 9.84 Å². The van der Waals surface area contributed by atoms with Crippen molar-refractivity contribution in [1.29, 1.82) is 0 Å². The molecule has 2 aromatic carbocycles. The Morgan fingerprint density at radius 1 is 1.12 bits per heavy atom. The van der Waals surface area contributed by atoms with E-state index >= 15 is 0 Å². The molecular weight excluding hydrogens is 306 g/mol. The van der Waals surface area contributed by atoms with E-state index in [1.165, 1.54) is 12.1 Å². The van der Waals surface area contributed by atoms with Gasteiger partial charge >= 0.3 is 5.97 Å². The first-order valence-corrected chi connectivity index (χ1v) is 7.72. The van der Waals surface area contributed by atoms with Gasteiger partial charge in [-0.25, -0.2) is 4.79 Å². The molecule has 126 valence electrons. The normalized spacial score (nSPS) is 10.2. The highest BCUT2D eigenvalue weighted by molar-refractivity contribution is 5.88. The van der Waals surface area contributed by atoms with Gasteiger partial charge in [0.1, 0.15) is 5.75 Å². The fourth-order valence-electron chi connectivity index (χ4n) is 2.43. The molecule has 0 saturated heterocycles. The fourth-order valence-corrected chi connectivity index (χ4v) is 2.43. The quantitative estimate of drug-likeness (QED) is 0.819. The van der Waals surface area contributed by atoms with Gasteiger partial charge in [0.25, 0.3) is 0 Å². The van der Waals surface area contributed by atoms with Gasteiger partial charge in [-0.15, -0.1) is 0 Å². The Kier molecular flexibility index (Phi) is 5.95. The second-order valence-corrected chi connectivity index (χ2v) is 5.59. The largest absolute Gasteiger partial charge is 0.496 e. The molecule has 0 aliphatic carbocycles. The summed E-state index contributed by atoms with van der Waals surface area (Å²) in [5, 5.41) is 11.8. The number of nitrogens with one attached hydrogen (secondary N) is 1. The number of hydrogen-bond donors (Lipinski definition) is 2. The van der Waals surface area contributed by atoms with Crippen molar-refractivity contribution in [2.24, 2.45) is 0 Å². The van der Waals surface area contributed by atoms with Gasteiger partial charge in [0.15, 0.2) is 0 Å². The van der Waals surface area contributed by atoms with Crippen molar-refractivity contribution in [2.45, 2.75) is 19.8 Å². The van der Waals surface area contributed by atoms with E-state index < -0.39 is 5.97 Å². The predicted molar refractivity (Wildman–Crippen MR) is 91.6 cm³/mol. The maximum atomic E-state index is 12.0. The van der Waals surface area contributed by atoms with Crippen LogP contribution >= 0.6 is 0 Å². The lowest BCUT2D eigenvalue weighted by Crippen LogP contribution is -2.27. The smallest absolute Gasteiger partial charge is 0.335 e. The van der Waals surface area contributed by atoms with E-state index in [-0.39, 0.29) is 17.9 Å². The van der Waals surface area contributed by atoms with Crippen LogP contribution in [0.1, 0.15) is 27.0 Å². The molecule has 0 saturated carbocycles. The molecule has 0 aliphatic heterocycles. The molecule has 0 atom stereocenters. The highest BCUT2D eigenvalue weighted by Crippen LogP contribution is 2.19. The van der Waals surface area contributed by atoms with E-state index in [9.17, 15) is 9.59 Å². The molecular formula is C19H21NO4. The Labute approximate surface area is 141 Å². The van der Waals surface area contributed by atoms with Crippen molar-refractivity contribution in [3.05, 3.63) is 64.7 Å². The second kappa shape index (κ2) is 8.15. The summed E-state index contributed by atoms with van der Waals surface area (Å²) in [6, 6.07) is 12.4. The highest BCUT2D eigenvalue weighted by Gasteiger charge is 2.07. The van der Waals surface area contributed by atoms with E-state index in [1.807, 2.05) is 25.1 Å². The molecule has 0 heterocycles. The summed E-state index contributed by atoms with van der Waals surface area (Å²) in [5.41, 5.74) is 3.03. The molecule has 0 bridgehead atoms. The van der Waals surface area contributed by atoms with Crippen LogP contribution < -0.4 is 10.1 Å². The molecule has 2 rings (SSSR count). The first-order chi connectivity index (χ1) is 11.5. The van der Waals surface area contributed by atoms with E-state index in [0.29, 0.717) is 18.5 Å². The fraction of sp³-hybridized carbons (Fsp3) is 0.263. The topological polar surface area (TPSA) is 75.6 Å². The Morgan fingerprint density at radius 2 is 1.92 bits per heavy atom. The second-order valence-electron chi connectivity index (χ2n) is 5.59. The number of carboxylic acid groups (broad SMARTS) is 1. The number of benzene rings is 2. The molecule has 2 N–H and O–H groups in total. The summed E-state index contributed by atoms with van der Waals surface area (Å²) in [4.78, 5) is 22.9.